The van der Waals surface area contributed by atoms with Gasteiger partial charge in [-0.15, -0.1) is 0 Å². The Morgan fingerprint density at radius 2 is 0.581 bits per heavy atom. The molecular weight excluding hydrogens is 559 g/mol. The maximum Gasteiger partial charge on any atom is 3.00 e. The summed E-state index contributed by atoms with van der Waals surface area (Å²) in [5.74, 6) is 0. The fourth-order valence-electron chi connectivity index (χ4n) is 3.05. The second-order valence-corrected chi connectivity index (χ2v) is 6.59. The zero-order valence-electron chi connectivity index (χ0n) is 16.8. The molecule has 0 aliphatic carbocycles. The van der Waals surface area contributed by atoms with Crippen molar-refractivity contribution in [3.8, 4) is 0 Å². The van der Waals surface area contributed by atoms with Crippen molar-refractivity contribution < 1.29 is 20.1 Å². The van der Waals surface area contributed by atoms with Crippen LogP contribution in [-0.4, -0.2) is 15.0 Å². The summed E-state index contributed by atoms with van der Waals surface area (Å²) in [7, 11) is 0. The summed E-state index contributed by atoms with van der Waals surface area (Å²) in [6.45, 7) is 0. The van der Waals surface area contributed by atoms with Crippen molar-refractivity contribution in [2.24, 2.45) is 0 Å². The molecule has 0 radical (unpaired) electrons. The summed E-state index contributed by atoms with van der Waals surface area (Å²) in [4.78, 5) is 12.5. The van der Waals surface area contributed by atoms with Gasteiger partial charge in [-0.3, -0.25) is 15.0 Å². The number of hydrogen-bond acceptors (Lipinski definition) is 3. The molecule has 0 bridgehead atoms. The van der Waals surface area contributed by atoms with Crippen molar-refractivity contribution in [2.75, 3.05) is 0 Å². The molecular formula is C27H21IrN3+3. The first-order valence-corrected chi connectivity index (χ1v) is 9.79. The van der Waals surface area contributed by atoms with Gasteiger partial charge in [-0.25, -0.2) is 0 Å². The van der Waals surface area contributed by atoms with Crippen LogP contribution in [0.1, 0.15) is 0 Å². The van der Waals surface area contributed by atoms with E-state index in [0.29, 0.717) is 0 Å². The second-order valence-electron chi connectivity index (χ2n) is 6.59. The molecule has 0 atom stereocenters. The van der Waals surface area contributed by atoms with E-state index in [4.69, 9.17) is 0 Å². The maximum absolute atomic E-state index is 4.18. The zero-order chi connectivity index (χ0) is 20.4. The molecule has 150 valence electrons. The molecule has 6 aromatic rings. The van der Waals surface area contributed by atoms with Gasteiger partial charge in [0.1, 0.15) is 0 Å². The molecule has 3 aromatic heterocycles. The van der Waals surface area contributed by atoms with E-state index in [-0.39, 0.29) is 20.1 Å². The van der Waals surface area contributed by atoms with Gasteiger partial charge in [0.05, 0.1) is 16.6 Å². The fraction of sp³-hybridized carbons (Fsp3) is 0. The minimum absolute atomic E-state index is 0. The second kappa shape index (κ2) is 11.7. The van der Waals surface area contributed by atoms with Crippen LogP contribution in [-0.2, 0) is 20.1 Å². The van der Waals surface area contributed by atoms with Crippen LogP contribution < -0.4 is 0 Å². The Morgan fingerprint density at radius 1 is 0.323 bits per heavy atom. The molecule has 0 unspecified atom stereocenters. The van der Waals surface area contributed by atoms with Crippen LogP contribution >= 0.6 is 0 Å². The van der Waals surface area contributed by atoms with Gasteiger partial charge in [0.15, 0.2) is 0 Å². The third-order valence-electron chi connectivity index (χ3n) is 4.54. The first kappa shape index (κ1) is 22.2. The van der Waals surface area contributed by atoms with Gasteiger partial charge in [-0.2, -0.15) is 0 Å². The molecule has 31 heavy (non-hydrogen) atoms. The van der Waals surface area contributed by atoms with E-state index in [9.17, 15) is 0 Å². The molecule has 0 amide bonds. The third kappa shape index (κ3) is 6.26. The van der Waals surface area contributed by atoms with Crippen molar-refractivity contribution in [1.82, 2.24) is 15.0 Å². The molecule has 0 aliphatic heterocycles. The molecule has 0 fully saturated rings. The first-order valence-electron chi connectivity index (χ1n) is 9.79. The number of rotatable bonds is 0. The minimum atomic E-state index is 0. The molecule has 0 N–H and O–H groups in total. The number of para-hydroxylation sites is 3. The first-order chi connectivity index (χ1) is 14.9. The Labute approximate surface area is 195 Å². The van der Waals surface area contributed by atoms with Crippen molar-refractivity contribution in [2.45, 2.75) is 0 Å². The van der Waals surface area contributed by atoms with E-state index in [2.05, 4.69) is 51.4 Å². The van der Waals surface area contributed by atoms with E-state index in [1.807, 2.05) is 91.4 Å². The van der Waals surface area contributed by atoms with E-state index in [1.54, 1.807) is 0 Å². The summed E-state index contributed by atoms with van der Waals surface area (Å²) in [5.41, 5.74) is 3.18. The molecule has 0 saturated carbocycles. The molecule has 0 spiro atoms. The van der Waals surface area contributed by atoms with E-state index >= 15 is 0 Å². The number of hydrogen-bond donors (Lipinski definition) is 0. The van der Waals surface area contributed by atoms with Crippen LogP contribution in [0.5, 0.6) is 0 Å². The van der Waals surface area contributed by atoms with E-state index < -0.39 is 0 Å². The Balaban J connectivity index is 0.000000130. The predicted octanol–water partition coefficient (Wildman–Crippen LogP) is 6.70. The van der Waals surface area contributed by atoms with Crippen molar-refractivity contribution in [3.05, 3.63) is 128 Å². The Morgan fingerprint density at radius 3 is 0.871 bits per heavy atom. The number of pyridine rings is 3. The smallest absolute Gasteiger partial charge is 0.256 e. The van der Waals surface area contributed by atoms with Crippen LogP contribution in [0.4, 0.5) is 0 Å². The number of benzene rings is 3. The Hall–Kier alpha value is -3.46. The van der Waals surface area contributed by atoms with Crippen LogP contribution in [0.2, 0.25) is 0 Å². The van der Waals surface area contributed by atoms with Gasteiger partial charge in [0.2, 0.25) is 0 Å². The van der Waals surface area contributed by atoms with Crippen molar-refractivity contribution in [3.63, 3.8) is 0 Å². The largest absolute Gasteiger partial charge is 3.00 e. The summed E-state index contributed by atoms with van der Waals surface area (Å²) in [6.07, 6.45) is 5.42. The van der Waals surface area contributed by atoms with Crippen LogP contribution in [0.15, 0.2) is 128 Å². The average Bonchev–Trinajstić information content (AvgIpc) is 2.85. The number of aromatic nitrogens is 3. The van der Waals surface area contributed by atoms with Crippen LogP contribution in [0.25, 0.3) is 32.7 Å². The zero-order valence-corrected chi connectivity index (χ0v) is 19.2. The van der Waals surface area contributed by atoms with Gasteiger partial charge < -0.3 is 0 Å². The van der Waals surface area contributed by atoms with Crippen LogP contribution in [0.3, 0.4) is 0 Å². The quantitative estimate of drug-likeness (QED) is 0.201. The summed E-state index contributed by atoms with van der Waals surface area (Å²) < 4.78 is 0. The van der Waals surface area contributed by atoms with Crippen molar-refractivity contribution >= 4 is 32.7 Å². The van der Waals surface area contributed by atoms with Gasteiger partial charge >= 0.3 is 20.1 Å². The summed E-state index contributed by atoms with van der Waals surface area (Å²) in [6, 6.07) is 36.3. The normalized spacial score (nSPS) is 9.68. The van der Waals surface area contributed by atoms with Crippen LogP contribution in [0, 0.1) is 0 Å². The predicted molar refractivity (Wildman–Crippen MR) is 125 cm³/mol. The standard InChI is InChI=1S/3C9H7N.Ir/c3*1-2-6-9-8(4-1)5-3-7-10-9;/h3*1-7H;/q;;;+3. The third-order valence-corrected chi connectivity index (χ3v) is 4.54. The molecule has 0 saturated heterocycles. The van der Waals surface area contributed by atoms with E-state index in [0.717, 1.165) is 16.6 Å². The Bertz CT molecular complexity index is 1000. The van der Waals surface area contributed by atoms with Gasteiger partial charge in [0, 0.05) is 34.7 Å². The Kier molecular flexibility index (Phi) is 8.36. The maximum atomic E-state index is 4.18. The van der Waals surface area contributed by atoms with Crippen molar-refractivity contribution in [1.29, 1.82) is 0 Å². The monoisotopic (exact) mass is 580 g/mol. The number of fused-ring (bicyclic) bond motifs is 3. The van der Waals surface area contributed by atoms with Gasteiger partial charge in [-0.05, 0) is 36.4 Å². The molecule has 0 aliphatic rings. The number of nitrogens with zero attached hydrogens (tertiary/aromatic N) is 3. The molecule has 3 aromatic carbocycles. The molecule has 4 heteroatoms. The summed E-state index contributed by atoms with van der Waals surface area (Å²) in [5, 5.41) is 3.60. The fourth-order valence-corrected chi connectivity index (χ4v) is 3.05. The topological polar surface area (TPSA) is 38.7 Å². The van der Waals surface area contributed by atoms with Gasteiger partial charge in [0.25, 0.3) is 0 Å². The average molecular weight is 580 g/mol. The minimum Gasteiger partial charge on any atom is -0.256 e. The van der Waals surface area contributed by atoms with E-state index in [1.165, 1.54) is 16.2 Å². The molecule has 3 heterocycles. The molecule has 3 nitrogen and oxygen atoms in total. The molecule has 6 rings (SSSR count). The van der Waals surface area contributed by atoms with Gasteiger partial charge in [-0.1, -0.05) is 72.8 Å². The summed E-state index contributed by atoms with van der Waals surface area (Å²) >= 11 is 0. The SMILES string of the molecule is [Ir+3].c1ccc2ncccc2c1.c1ccc2ncccc2c1.c1ccc2ncccc2c1.